The zero-order valence-corrected chi connectivity index (χ0v) is 10.7. The summed E-state index contributed by atoms with van der Waals surface area (Å²) >= 11 is 3.42. The van der Waals surface area contributed by atoms with Gasteiger partial charge in [0.15, 0.2) is 0 Å². The van der Waals surface area contributed by atoms with Gasteiger partial charge in [0.1, 0.15) is 6.10 Å². The normalized spacial score (nSPS) is 23.5. The van der Waals surface area contributed by atoms with Crippen LogP contribution in [0.15, 0.2) is 33.9 Å². The van der Waals surface area contributed by atoms with Crippen LogP contribution in [-0.2, 0) is 4.84 Å². The lowest BCUT2D eigenvalue weighted by molar-refractivity contribution is 0.0511. The molecular weight excluding hydrogens is 254 g/mol. The van der Waals surface area contributed by atoms with Gasteiger partial charge in [-0.15, -0.1) is 0 Å². The van der Waals surface area contributed by atoms with Gasteiger partial charge in [0, 0.05) is 10.0 Å². The number of rotatable bonds is 1. The first-order chi connectivity index (χ1) is 7.01. The van der Waals surface area contributed by atoms with E-state index in [1.165, 1.54) is 0 Å². The van der Waals surface area contributed by atoms with Crippen molar-refractivity contribution in [3.8, 4) is 0 Å². The predicted octanol–water partition coefficient (Wildman–Crippen LogP) is 3.60. The molecule has 3 heteroatoms. The average molecular weight is 268 g/mol. The number of oxime groups is 1. The lowest BCUT2D eigenvalue weighted by Gasteiger charge is -2.22. The third kappa shape index (κ3) is 1.81. The highest BCUT2D eigenvalue weighted by molar-refractivity contribution is 9.10. The maximum absolute atomic E-state index is 5.34. The molecule has 1 heterocycles. The standard InChI is InChI=1S/C12H14BrNO/c1-8-12(2,3)11(14-15-8)9-4-6-10(13)7-5-9/h4-8H,1-3H3. The fourth-order valence-corrected chi connectivity index (χ4v) is 1.87. The van der Waals surface area contributed by atoms with Crippen molar-refractivity contribution in [2.75, 3.05) is 0 Å². The van der Waals surface area contributed by atoms with E-state index >= 15 is 0 Å². The molecule has 0 aliphatic carbocycles. The summed E-state index contributed by atoms with van der Waals surface area (Å²) in [5.41, 5.74) is 2.14. The molecular formula is C12H14BrNO. The van der Waals surface area contributed by atoms with Crippen molar-refractivity contribution in [3.05, 3.63) is 34.3 Å². The Labute approximate surface area is 98.4 Å². The van der Waals surface area contributed by atoms with Gasteiger partial charge in [0.05, 0.1) is 11.1 Å². The molecule has 1 aromatic carbocycles. The molecule has 0 fully saturated rings. The first-order valence-corrected chi connectivity index (χ1v) is 5.81. The van der Waals surface area contributed by atoms with Crippen LogP contribution in [0.1, 0.15) is 26.3 Å². The molecule has 2 nitrogen and oxygen atoms in total. The van der Waals surface area contributed by atoms with Gasteiger partial charge in [0.2, 0.25) is 0 Å². The largest absolute Gasteiger partial charge is 0.392 e. The van der Waals surface area contributed by atoms with Gasteiger partial charge in [-0.05, 0) is 19.1 Å². The molecule has 1 aromatic rings. The van der Waals surface area contributed by atoms with Crippen LogP contribution >= 0.6 is 15.9 Å². The number of benzene rings is 1. The summed E-state index contributed by atoms with van der Waals surface area (Å²) in [5.74, 6) is 0. The van der Waals surface area contributed by atoms with Crippen LogP contribution in [-0.4, -0.2) is 11.8 Å². The summed E-state index contributed by atoms with van der Waals surface area (Å²) in [7, 11) is 0. The number of halogens is 1. The molecule has 1 unspecified atom stereocenters. The summed E-state index contributed by atoms with van der Waals surface area (Å²) in [6.45, 7) is 6.37. The second kappa shape index (κ2) is 3.63. The minimum atomic E-state index is -0.0200. The van der Waals surface area contributed by atoms with Gasteiger partial charge in [-0.3, -0.25) is 0 Å². The summed E-state index contributed by atoms with van der Waals surface area (Å²) in [4.78, 5) is 5.34. The van der Waals surface area contributed by atoms with Crippen molar-refractivity contribution in [3.63, 3.8) is 0 Å². The van der Waals surface area contributed by atoms with Crippen molar-refractivity contribution in [1.29, 1.82) is 0 Å². The van der Waals surface area contributed by atoms with Crippen LogP contribution in [0.3, 0.4) is 0 Å². The molecule has 1 aliphatic heterocycles. The van der Waals surface area contributed by atoms with E-state index in [0.717, 1.165) is 15.7 Å². The fourth-order valence-electron chi connectivity index (χ4n) is 1.61. The Balaban J connectivity index is 2.37. The summed E-state index contributed by atoms with van der Waals surface area (Å²) in [6, 6.07) is 8.17. The van der Waals surface area contributed by atoms with E-state index in [1.807, 2.05) is 12.1 Å². The Morgan fingerprint density at radius 1 is 1.27 bits per heavy atom. The molecule has 0 bridgehead atoms. The van der Waals surface area contributed by atoms with Crippen LogP contribution < -0.4 is 0 Å². The first-order valence-electron chi connectivity index (χ1n) is 5.02. The third-order valence-corrected chi connectivity index (χ3v) is 3.58. The lowest BCUT2D eigenvalue weighted by Crippen LogP contribution is -2.30. The van der Waals surface area contributed by atoms with Crippen molar-refractivity contribution in [2.24, 2.45) is 10.6 Å². The first kappa shape index (κ1) is 10.7. The highest BCUT2D eigenvalue weighted by Crippen LogP contribution is 2.34. The molecule has 15 heavy (non-hydrogen) atoms. The Bertz CT molecular complexity index is 395. The fraction of sp³-hybridized carbons (Fsp3) is 0.417. The molecule has 0 spiro atoms. The predicted molar refractivity (Wildman–Crippen MR) is 65.0 cm³/mol. The van der Waals surface area contributed by atoms with E-state index in [2.05, 4.69) is 54.0 Å². The van der Waals surface area contributed by atoms with Crippen LogP contribution in [0, 0.1) is 5.41 Å². The quantitative estimate of drug-likeness (QED) is 0.762. The van der Waals surface area contributed by atoms with Gasteiger partial charge >= 0.3 is 0 Å². The molecule has 1 atom stereocenters. The maximum Gasteiger partial charge on any atom is 0.135 e. The molecule has 0 amide bonds. The molecule has 1 aliphatic rings. The second-order valence-corrected chi connectivity index (χ2v) is 5.33. The lowest BCUT2D eigenvalue weighted by atomic mass is 9.80. The zero-order chi connectivity index (χ0) is 11.1. The highest BCUT2D eigenvalue weighted by atomic mass is 79.9. The number of hydrogen-bond donors (Lipinski definition) is 0. The smallest absolute Gasteiger partial charge is 0.135 e. The average Bonchev–Trinajstić information content (AvgIpc) is 2.44. The van der Waals surface area contributed by atoms with E-state index in [0.29, 0.717) is 0 Å². The van der Waals surface area contributed by atoms with Gasteiger partial charge in [-0.25, -0.2) is 0 Å². The van der Waals surface area contributed by atoms with E-state index in [-0.39, 0.29) is 11.5 Å². The minimum absolute atomic E-state index is 0.0200. The van der Waals surface area contributed by atoms with Crippen LogP contribution in [0.5, 0.6) is 0 Å². The molecule has 0 N–H and O–H groups in total. The highest BCUT2D eigenvalue weighted by Gasteiger charge is 2.39. The molecule has 0 radical (unpaired) electrons. The summed E-state index contributed by atoms with van der Waals surface area (Å²) in [5, 5.41) is 4.17. The van der Waals surface area contributed by atoms with Crippen LogP contribution in [0.25, 0.3) is 0 Å². The van der Waals surface area contributed by atoms with Crippen molar-refractivity contribution < 1.29 is 4.84 Å². The summed E-state index contributed by atoms with van der Waals surface area (Å²) in [6.07, 6.45) is 0.135. The summed E-state index contributed by atoms with van der Waals surface area (Å²) < 4.78 is 1.08. The Kier molecular flexibility index (Phi) is 2.59. The number of nitrogens with zero attached hydrogens (tertiary/aromatic N) is 1. The molecule has 0 saturated carbocycles. The zero-order valence-electron chi connectivity index (χ0n) is 9.12. The van der Waals surface area contributed by atoms with Gasteiger partial charge in [0.25, 0.3) is 0 Å². The van der Waals surface area contributed by atoms with E-state index in [4.69, 9.17) is 4.84 Å². The Hall–Kier alpha value is -0.830. The molecule has 0 aromatic heterocycles. The van der Waals surface area contributed by atoms with Gasteiger partial charge in [-0.1, -0.05) is 47.1 Å². The number of hydrogen-bond acceptors (Lipinski definition) is 2. The van der Waals surface area contributed by atoms with Crippen LogP contribution in [0.4, 0.5) is 0 Å². The monoisotopic (exact) mass is 267 g/mol. The van der Waals surface area contributed by atoms with E-state index in [1.54, 1.807) is 0 Å². The minimum Gasteiger partial charge on any atom is -0.392 e. The van der Waals surface area contributed by atoms with Gasteiger partial charge < -0.3 is 4.84 Å². The van der Waals surface area contributed by atoms with Crippen molar-refractivity contribution in [1.82, 2.24) is 0 Å². The van der Waals surface area contributed by atoms with Gasteiger partial charge in [-0.2, -0.15) is 0 Å². The topological polar surface area (TPSA) is 21.6 Å². The van der Waals surface area contributed by atoms with E-state index in [9.17, 15) is 0 Å². The third-order valence-electron chi connectivity index (χ3n) is 3.05. The Morgan fingerprint density at radius 2 is 1.87 bits per heavy atom. The van der Waals surface area contributed by atoms with E-state index < -0.39 is 0 Å². The Morgan fingerprint density at radius 3 is 2.33 bits per heavy atom. The maximum atomic E-state index is 5.34. The second-order valence-electron chi connectivity index (χ2n) is 4.42. The van der Waals surface area contributed by atoms with Crippen molar-refractivity contribution >= 4 is 21.6 Å². The molecule has 2 rings (SSSR count). The molecule has 0 saturated heterocycles. The SMILES string of the molecule is CC1ON=C(c2ccc(Br)cc2)C1(C)C. The van der Waals surface area contributed by atoms with Crippen molar-refractivity contribution in [2.45, 2.75) is 26.9 Å². The molecule has 80 valence electrons. The van der Waals surface area contributed by atoms with Crippen LogP contribution in [0.2, 0.25) is 0 Å².